The normalized spacial score (nSPS) is 16.5. The van der Waals surface area contributed by atoms with Crippen LogP contribution >= 0.6 is 24.0 Å². The number of hydrogen-bond donors (Lipinski definition) is 1. The van der Waals surface area contributed by atoms with Crippen LogP contribution in [-0.2, 0) is 20.0 Å². The van der Waals surface area contributed by atoms with Crippen molar-refractivity contribution in [3.05, 3.63) is 53.3 Å². The number of guanidine groups is 1. The van der Waals surface area contributed by atoms with E-state index in [-0.39, 0.29) is 24.0 Å². The fourth-order valence-electron chi connectivity index (χ4n) is 3.36. The molecule has 0 amide bonds. The zero-order valence-electron chi connectivity index (χ0n) is 14.6. The van der Waals surface area contributed by atoms with E-state index < -0.39 is 0 Å². The Labute approximate surface area is 161 Å². The lowest BCUT2D eigenvalue weighted by Gasteiger charge is -2.23. The van der Waals surface area contributed by atoms with Gasteiger partial charge < -0.3 is 10.2 Å². The van der Waals surface area contributed by atoms with Crippen LogP contribution in [-0.4, -0.2) is 41.3 Å². The SMILES string of the molecule is CN=C(NCC1CCc2ccccc21)N(C)Cc1cnn(C)c1.I. The number of hydrogen-bond acceptors (Lipinski definition) is 2. The molecule has 0 fully saturated rings. The molecule has 6 heteroatoms. The third kappa shape index (κ3) is 4.28. The Morgan fingerprint density at radius 2 is 2.21 bits per heavy atom. The molecule has 1 aromatic carbocycles. The molecular weight excluding hydrogens is 413 g/mol. The molecule has 0 saturated heterocycles. The lowest BCUT2D eigenvalue weighted by atomic mass is 10.0. The number of aliphatic imine (C=N–C) groups is 1. The number of rotatable bonds is 4. The maximum absolute atomic E-state index is 4.41. The van der Waals surface area contributed by atoms with Crippen LogP contribution in [0.4, 0.5) is 0 Å². The topological polar surface area (TPSA) is 45.5 Å². The summed E-state index contributed by atoms with van der Waals surface area (Å²) in [5.74, 6) is 1.51. The van der Waals surface area contributed by atoms with Crippen molar-refractivity contribution in [3.63, 3.8) is 0 Å². The van der Waals surface area contributed by atoms with Crippen LogP contribution in [0.25, 0.3) is 0 Å². The number of nitrogens with one attached hydrogen (secondary N) is 1. The number of halogens is 1. The van der Waals surface area contributed by atoms with E-state index in [2.05, 4.69) is 51.6 Å². The van der Waals surface area contributed by atoms with Crippen LogP contribution < -0.4 is 5.32 Å². The molecule has 1 aromatic heterocycles. The Morgan fingerprint density at radius 3 is 2.92 bits per heavy atom. The molecule has 1 N–H and O–H groups in total. The van der Waals surface area contributed by atoms with Gasteiger partial charge in [-0.25, -0.2) is 0 Å². The van der Waals surface area contributed by atoms with Crippen molar-refractivity contribution in [3.8, 4) is 0 Å². The van der Waals surface area contributed by atoms with Gasteiger partial charge in [0.25, 0.3) is 0 Å². The Kier molecular flexibility index (Phi) is 6.65. The minimum absolute atomic E-state index is 0. The molecule has 0 spiro atoms. The average molecular weight is 439 g/mol. The van der Waals surface area contributed by atoms with Crippen LogP contribution in [0.5, 0.6) is 0 Å². The predicted molar refractivity (Wildman–Crippen MR) is 109 cm³/mol. The van der Waals surface area contributed by atoms with Gasteiger partial charge in [-0.05, 0) is 24.0 Å². The molecule has 130 valence electrons. The summed E-state index contributed by atoms with van der Waals surface area (Å²) in [6, 6.07) is 8.78. The third-order valence-electron chi connectivity index (χ3n) is 4.52. The summed E-state index contributed by atoms with van der Waals surface area (Å²) < 4.78 is 1.83. The van der Waals surface area contributed by atoms with Crippen molar-refractivity contribution in [1.29, 1.82) is 0 Å². The lowest BCUT2D eigenvalue weighted by molar-refractivity contribution is 0.471. The Hall–Kier alpha value is -1.57. The minimum atomic E-state index is 0. The van der Waals surface area contributed by atoms with E-state index in [9.17, 15) is 0 Å². The molecule has 1 aliphatic carbocycles. The van der Waals surface area contributed by atoms with E-state index in [0.29, 0.717) is 5.92 Å². The van der Waals surface area contributed by atoms with Crippen molar-refractivity contribution >= 4 is 29.9 Å². The largest absolute Gasteiger partial charge is 0.356 e. The van der Waals surface area contributed by atoms with Crippen LogP contribution in [0.3, 0.4) is 0 Å². The number of aryl methyl sites for hydroxylation is 2. The summed E-state index contributed by atoms with van der Waals surface area (Å²) in [7, 11) is 5.84. The van der Waals surface area contributed by atoms with E-state index in [1.54, 1.807) is 0 Å². The van der Waals surface area contributed by atoms with Gasteiger partial charge in [-0.1, -0.05) is 24.3 Å². The fourth-order valence-corrected chi connectivity index (χ4v) is 3.36. The zero-order chi connectivity index (χ0) is 16.2. The number of aromatic nitrogens is 2. The van der Waals surface area contributed by atoms with Crippen molar-refractivity contribution in [2.24, 2.45) is 12.0 Å². The highest BCUT2D eigenvalue weighted by Crippen LogP contribution is 2.32. The van der Waals surface area contributed by atoms with E-state index in [4.69, 9.17) is 0 Å². The van der Waals surface area contributed by atoms with Gasteiger partial charge in [0.1, 0.15) is 0 Å². The number of nitrogens with zero attached hydrogens (tertiary/aromatic N) is 4. The molecule has 3 rings (SSSR count). The van der Waals surface area contributed by atoms with E-state index in [0.717, 1.165) is 19.0 Å². The van der Waals surface area contributed by atoms with Gasteiger partial charge in [0.2, 0.25) is 0 Å². The Morgan fingerprint density at radius 1 is 1.42 bits per heavy atom. The van der Waals surface area contributed by atoms with Crippen molar-refractivity contribution < 1.29 is 0 Å². The lowest BCUT2D eigenvalue weighted by Crippen LogP contribution is -2.40. The Balaban J connectivity index is 0.00000208. The monoisotopic (exact) mass is 439 g/mol. The summed E-state index contributed by atoms with van der Waals surface area (Å²) in [5.41, 5.74) is 4.17. The van der Waals surface area contributed by atoms with Crippen LogP contribution in [0.15, 0.2) is 41.7 Å². The smallest absolute Gasteiger partial charge is 0.193 e. The highest BCUT2D eigenvalue weighted by molar-refractivity contribution is 14.0. The quantitative estimate of drug-likeness (QED) is 0.453. The van der Waals surface area contributed by atoms with Crippen LogP contribution in [0, 0.1) is 0 Å². The van der Waals surface area contributed by atoms with Crippen LogP contribution in [0.2, 0.25) is 0 Å². The second-order valence-electron chi connectivity index (χ2n) is 6.24. The second-order valence-corrected chi connectivity index (χ2v) is 6.24. The maximum Gasteiger partial charge on any atom is 0.193 e. The van der Waals surface area contributed by atoms with E-state index in [1.165, 1.54) is 29.5 Å². The number of benzene rings is 1. The van der Waals surface area contributed by atoms with Gasteiger partial charge in [-0.3, -0.25) is 9.67 Å². The third-order valence-corrected chi connectivity index (χ3v) is 4.52. The Bertz CT molecular complexity index is 694. The molecule has 0 bridgehead atoms. The minimum Gasteiger partial charge on any atom is -0.356 e. The molecule has 0 aliphatic heterocycles. The zero-order valence-corrected chi connectivity index (χ0v) is 16.9. The fraction of sp³-hybridized carbons (Fsp3) is 0.444. The van der Waals surface area contributed by atoms with Crippen molar-refractivity contribution in [2.75, 3.05) is 20.6 Å². The highest BCUT2D eigenvalue weighted by atomic mass is 127. The molecule has 1 atom stereocenters. The molecule has 24 heavy (non-hydrogen) atoms. The molecule has 1 aliphatic rings. The van der Waals surface area contributed by atoms with Gasteiger partial charge in [0, 0.05) is 51.9 Å². The summed E-state index contributed by atoms with van der Waals surface area (Å²) in [6.07, 6.45) is 6.34. The molecule has 2 aromatic rings. The maximum atomic E-state index is 4.41. The summed E-state index contributed by atoms with van der Waals surface area (Å²) >= 11 is 0. The standard InChI is InChI=1S/C18H25N5.HI/c1-19-18(22(2)12-14-10-21-23(3)13-14)20-11-16-9-8-15-6-4-5-7-17(15)16;/h4-7,10,13,16H,8-9,11-12H2,1-3H3,(H,19,20);1H. The van der Waals surface area contributed by atoms with Gasteiger partial charge in [0.05, 0.1) is 6.20 Å². The molecule has 1 heterocycles. The van der Waals surface area contributed by atoms with Gasteiger partial charge >= 0.3 is 0 Å². The average Bonchev–Trinajstić information content (AvgIpc) is 3.14. The molecule has 5 nitrogen and oxygen atoms in total. The van der Waals surface area contributed by atoms with Crippen molar-refractivity contribution in [2.45, 2.75) is 25.3 Å². The van der Waals surface area contributed by atoms with E-state index in [1.807, 2.05) is 31.2 Å². The number of fused-ring (bicyclic) bond motifs is 1. The molecule has 0 radical (unpaired) electrons. The first-order chi connectivity index (χ1) is 11.2. The van der Waals surface area contributed by atoms with Gasteiger partial charge in [-0.15, -0.1) is 24.0 Å². The van der Waals surface area contributed by atoms with Gasteiger partial charge in [0.15, 0.2) is 5.96 Å². The molecular formula is C18H26IN5. The summed E-state index contributed by atoms with van der Waals surface area (Å²) in [4.78, 5) is 6.55. The van der Waals surface area contributed by atoms with Crippen molar-refractivity contribution in [1.82, 2.24) is 20.0 Å². The predicted octanol–water partition coefficient (Wildman–Crippen LogP) is 2.78. The first kappa shape index (κ1) is 18.8. The van der Waals surface area contributed by atoms with E-state index >= 15 is 0 Å². The van der Waals surface area contributed by atoms with Gasteiger partial charge in [-0.2, -0.15) is 5.10 Å². The summed E-state index contributed by atoms with van der Waals surface area (Å²) in [6.45, 7) is 1.73. The highest BCUT2D eigenvalue weighted by Gasteiger charge is 2.22. The first-order valence-corrected chi connectivity index (χ1v) is 8.14. The first-order valence-electron chi connectivity index (χ1n) is 8.14. The molecule has 0 saturated carbocycles. The summed E-state index contributed by atoms with van der Waals surface area (Å²) in [5, 5.41) is 7.75. The van der Waals surface area contributed by atoms with Crippen LogP contribution in [0.1, 0.15) is 29.0 Å². The second kappa shape index (κ2) is 8.50. The molecule has 1 unspecified atom stereocenters.